The van der Waals surface area contributed by atoms with Gasteiger partial charge < -0.3 is 5.73 Å². The van der Waals surface area contributed by atoms with Crippen molar-refractivity contribution in [1.82, 2.24) is 0 Å². The zero-order valence-electron chi connectivity index (χ0n) is 11.3. The molecule has 0 spiro atoms. The highest BCUT2D eigenvalue weighted by Gasteiger charge is 2.15. The highest BCUT2D eigenvalue weighted by molar-refractivity contribution is 7.99. The molecule has 2 aromatic rings. The molecule has 3 N–H and O–H groups in total. The molecule has 6 heteroatoms. The van der Waals surface area contributed by atoms with Crippen LogP contribution in [-0.4, -0.2) is 14.2 Å². The van der Waals surface area contributed by atoms with Crippen molar-refractivity contribution in [3.8, 4) is 0 Å². The van der Waals surface area contributed by atoms with Crippen LogP contribution >= 0.6 is 11.8 Å². The van der Waals surface area contributed by atoms with Crippen LogP contribution in [0.15, 0.2) is 71.0 Å². The summed E-state index contributed by atoms with van der Waals surface area (Å²) in [4.78, 5) is 1.04. The highest BCUT2D eigenvalue weighted by atomic mass is 32.2. The minimum absolute atomic E-state index is 0.181. The number of rotatable bonds is 6. The smallest absolute Gasteiger partial charge is 0.261 e. The van der Waals surface area contributed by atoms with Gasteiger partial charge in [-0.2, -0.15) is 0 Å². The zero-order chi connectivity index (χ0) is 15.3. The molecular formula is C15H16N2O2S2. The third-order valence-corrected chi connectivity index (χ3v) is 5.13. The van der Waals surface area contributed by atoms with Crippen molar-refractivity contribution in [3.63, 3.8) is 0 Å². The summed E-state index contributed by atoms with van der Waals surface area (Å²) in [5.41, 5.74) is 6.65. The first-order chi connectivity index (χ1) is 10.0. The minimum Gasteiger partial charge on any atom is -0.399 e. The number of nitrogens with one attached hydrogen (secondary N) is 1. The van der Waals surface area contributed by atoms with Crippen LogP contribution in [0, 0.1) is 0 Å². The predicted molar refractivity (Wildman–Crippen MR) is 89.0 cm³/mol. The number of sulfonamides is 1. The van der Waals surface area contributed by atoms with Crippen LogP contribution in [-0.2, 0) is 10.0 Å². The Morgan fingerprint density at radius 1 is 1.14 bits per heavy atom. The van der Waals surface area contributed by atoms with Crippen LogP contribution in [0.3, 0.4) is 0 Å². The maximum absolute atomic E-state index is 12.4. The molecule has 0 aliphatic heterocycles. The summed E-state index contributed by atoms with van der Waals surface area (Å²) in [6, 6.07) is 13.4. The number of hydrogen-bond donors (Lipinski definition) is 2. The first-order valence-electron chi connectivity index (χ1n) is 6.24. The van der Waals surface area contributed by atoms with Gasteiger partial charge in [-0.05, 0) is 36.4 Å². The van der Waals surface area contributed by atoms with E-state index in [-0.39, 0.29) is 4.90 Å². The van der Waals surface area contributed by atoms with Crippen molar-refractivity contribution in [3.05, 3.63) is 61.2 Å². The van der Waals surface area contributed by atoms with Crippen LogP contribution in [0.5, 0.6) is 0 Å². The number of hydrogen-bond acceptors (Lipinski definition) is 4. The molecule has 0 saturated heterocycles. The molecule has 21 heavy (non-hydrogen) atoms. The Hall–Kier alpha value is -1.92. The number of anilines is 2. The highest BCUT2D eigenvalue weighted by Crippen LogP contribution is 2.29. The van der Waals surface area contributed by atoms with Crippen LogP contribution in [0.2, 0.25) is 0 Å². The van der Waals surface area contributed by atoms with Crippen molar-refractivity contribution in [2.75, 3.05) is 16.2 Å². The summed E-state index contributed by atoms with van der Waals surface area (Å²) in [7, 11) is -3.62. The quantitative estimate of drug-likeness (QED) is 0.486. The van der Waals surface area contributed by atoms with E-state index in [0.29, 0.717) is 17.1 Å². The summed E-state index contributed by atoms with van der Waals surface area (Å²) in [6.07, 6.45) is 1.77. The molecule has 4 nitrogen and oxygen atoms in total. The molecule has 0 atom stereocenters. The summed E-state index contributed by atoms with van der Waals surface area (Å²) in [5.74, 6) is 0.709. The van der Waals surface area contributed by atoms with Crippen LogP contribution < -0.4 is 10.5 Å². The summed E-state index contributed by atoms with van der Waals surface area (Å²) >= 11 is 1.52. The molecule has 2 rings (SSSR count). The molecule has 2 aromatic carbocycles. The lowest BCUT2D eigenvalue weighted by molar-refractivity contribution is 0.601. The van der Waals surface area contributed by atoms with Gasteiger partial charge in [0.05, 0.1) is 10.6 Å². The first kappa shape index (κ1) is 15.5. The topological polar surface area (TPSA) is 72.2 Å². The lowest BCUT2D eigenvalue weighted by atomic mass is 10.3. The average molecular weight is 320 g/mol. The number of nitrogen functional groups attached to an aromatic ring is 1. The standard InChI is InChI=1S/C15H16N2O2S2/c1-2-11-20-15-6-4-3-5-14(15)17-21(18,19)13-9-7-12(16)8-10-13/h2-10,17H,1,11,16H2. The molecule has 0 fully saturated rings. The molecule has 110 valence electrons. The molecule has 0 saturated carbocycles. The van der Waals surface area contributed by atoms with Gasteiger partial charge in [-0.15, -0.1) is 18.3 Å². The summed E-state index contributed by atoms with van der Waals surface area (Å²) < 4.78 is 27.3. The second-order valence-corrected chi connectivity index (χ2v) is 7.01. The minimum atomic E-state index is -3.62. The summed E-state index contributed by atoms with van der Waals surface area (Å²) in [5, 5.41) is 0. The maximum Gasteiger partial charge on any atom is 0.261 e. The number of nitrogens with two attached hydrogens (primary N) is 1. The van der Waals surface area contributed by atoms with Crippen molar-refractivity contribution in [2.45, 2.75) is 9.79 Å². The van der Waals surface area contributed by atoms with E-state index in [1.54, 1.807) is 30.3 Å². The van der Waals surface area contributed by atoms with E-state index in [4.69, 9.17) is 5.73 Å². The molecule has 0 bridgehead atoms. The average Bonchev–Trinajstić information content (AvgIpc) is 2.46. The monoisotopic (exact) mass is 320 g/mol. The van der Waals surface area contributed by atoms with Gasteiger partial charge in [0.15, 0.2) is 0 Å². The van der Waals surface area contributed by atoms with E-state index < -0.39 is 10.0 Å². The second kappa shape index (κ2) is 6.69. The van der Waals surface area contributed by atoms with Crippen LogP contribution in [0.4, 0.5) is 11.4 Å². The SMILES string of the molecule is C=CCSc1ccccc1NS(=O)(=O)c1ccc(N)cc1. The van der Waals surface area contributed by atoms with Crippen LogP contribution in [0.25, 0.3) is 0 Å². The Kier molecular flexibility index (Phi) is 4.93. The van der Waals surface area contributed by atoms with E-state index >= 15 is 0 Å². The normalized spacial score (nSPS) is 11.0. The lowest BCUT2D eigenvalue weighted by Crippen LogP contribution is -2.13. The molecule has 0 unspecified atom stereocenters. The predicted octanol–water partition coefficient (Wildman–Crippen LogP) is 3.35. The molecular weight excluding hydrogens is 304 g/mol. The van der Waals surface area contributed by atoms with Gasteiger partial charge in [0, 0.05) is 16.3 Å². The largest absolute Gasteiger partial charge is 0.399 e. The molecule has 0 radical (unpaired) electrons. The Labute approximate surface area is 129 Å². The Balaban J connectivity index is 2.28. The Morgan fingerprint density at radius 2 is 1.81 bits per heavy atom. The Morgan fingerprint density at radius 3 is 2.48 bits per heavy atom. The molecule has 0 aliphatic carbocycles. The fourth-order valence-electron chi connectivity index (χ4n) is 1.68. The van der Waals surface area contributed by atoms with Gasteiger partial charge in [-0.25, -0.2) is 8.42 Å². The van der Waals surface area contributed by atoms with Gasteiger partial charge in [0.1, 0.15) is 0 Å². The van der Waals surface area contributed by atoms with E-state index in [9.17, 15) is 8.42 Å². The summed E-state index contributed by atoms with van der Waals surface area (Å²) in [6.45, 7) is 3.66. The van der Waals surface area contributed by atoms with Gasteiger partial charge in [-0.1, -0.05) is 18.2 Å². The van der Waals surface area contributed by atoms with Crippen molar-refractivity contribution in [1.29, 1.82) is 0 Å². The van der Waals surface area contributed by atoms with E-state index in [1.807, 2.05) is 12.1 Å². The third kappa shape index (κ3) is 4.03. The van der Waals surface area contributed by atoms with Gasteiger partial charge in [0.25, 0.3) is 10.0 Å². The molecule has 0 aromatic heterocycles. The Bertz CT molecular complexity index is 726. The van der Waals surface area contributed by atoms with Crippen molar-refractivity contribution >= 4 is 33.2 Å². The van der Waals surface area contributed by atoms with Gasteiger partial charge >= 0.3 is 0 Å². The number of para-hydroxylation sites is 1. The number of benzene rings is 2. The van der Waals surface area contributed by atoms with Crippen LogP contribution in [0.1, 0.15) is 0 Å². The first-order valence-corrected chi connectivity index (χ1v) is 8.71. The van der Waals surface area contributed by atoms with Crippen molar-refractivity contribution < 1.29 is 8.42 Å². The zero-order valence-corrected chi connectivity index (χ0v) is 13.0. The lowest BCUT2D eigenvalue weighted by Gasteiger charge is -2.12. The molecule has 0 aliphatic rings. The van der Waals surface area contributed by atoms with Gasteiger partial charge in [0.2, 0.25) is 0 Å². The maximum atomic E-state index is 12.4. The molecule has 0 amide bonds. The molecule has 0 heterocycles. The van der Waals surface area contributed by atoms with E-state index in [0.717, 1.165) is 4.90 Å². The fraction of sp³-hybridized carbons (Fsp3) is 0.0667. The second-order valence-electron chi connectivity index (χ2n) is 4.27. The fourth-order valence-corrected chi connectivity index (χ4v) is 3.57. The van der Waals surface area contributed by atoms with Crippen molar-refractivity contribution in [2.24, 2.45) is 0 Å². The van der Waals surface area contributed by atoms with E-state index in [2.05, 4.69) is 11.3 Å². The number of thioether (sulfide) groups is 1. The van der Waals surface area contributed by atoms with E-state index in [1.165, 1.54) is 23.9 Å². The third-order valence-electron chi connectivity index (χ3n) is 2.68. The van der Waals surface area contributed by atoms with Gasteiger partial charge in [-0.3, -0.25) is 4.72 Å².